The van der Waals surface area contributed by atoms with Gasteiger partial charge < -0.3 is 10.2 Å². The molecule has 1 aliphatic rings. The summed E-state index contributed by atoms with van der Waals surface area (Å²) >= 11 is 0. The minimum atomic E-state index is 0.888. The predicted octanol–water partition coefficient (Wildman–Crippen LogP) is 0.743. The zero-order valence-corrected chi connectivity index (χ0v) is 9.85. The molecule has 1 saturated heterocycles. The van der Waals surface area contributed by atoms with Crippen molar-refractivity contribution in [3.8, 4) is 0 Å². The summed E-state index contributed by atoms with van der Waals surface area (Å²) in [5.41, 5.74) is 1.84. The molecule has 0 unspecified atom stereocenters. The first-order valence-electron chi connectivity index (χ1n) is 5.90. The summed E-state index contributed by atoms with van der Waals surface area (Å²) in [6, 6.07) is 4.02. The van der Waals surface area contributed by atoms with E-state index in [1.807, 2.05) is 13.0 Å². The zero-order valence-electron chi connectivity index (χ0n) is 9.85. The van der Waals surface area contributed by atoms with Crippen molar-refractivity contribution >= 4 is 16.7 Å². The van der Waals surface area contributed by atoms with Gasteiger partial charge in [-0.1, -0.05) is 0 Å². The molecule has 5 nitrogen and oxygen atoms in total. The average molecular weight is 229 g/mol. The molecule has 0 aliphatic carbocycles. The van der Waals surface area contributed by atoms with Crippen LogP contribution in [0.5, 0.6) is 0 Å². The summed E-state index contributed by atoms with van der Waals surface area (Å²) in [5.74, 6) is 0.959. The number of piperazine rings is 1. The van der Waals surface area contributed by atoms with Crippen LogP contribution in [0, 0.1) is 6.92 Å². The van der Waals surface area contributed by atoms with E-state index in [1.54, 1.807) is 6.20 Å². The van der Waals surface area contributed by atoms with Gasteiger partial charge in [0.2, 0.25) is 0 Å². The van der Waals surface area contributed by atoms with Crippen LogP contribution in [0.4, 0.5) is 5.82 Å². The highest BCUT2D eigenvalue weighted by atomic mass is 15.3. The number of hydrogen-bond acceptors (Lipinski definition) is 5. The van der Waals surface area contributed by atoms with Crippen molar-refractivity contribution in [2.75, 3.05) is 31.1 Å². The summed E-state index contributed by atoms with van der Waals surface area (Å²) in [6.45, 7) is 5.89. The summed E-state index contributed by atoms with van der Waals surface area (Å²) in [7, 11) is 0. The molecule has 0 atom stereocenters. The molecule has 1 aliphatic heterocycles. The van der Waals surface area contributed by atoms with Crippen molar-refractivity contribution in [3.05, 3.63) is 24.0 Å². The summed E-state index contributed by atoms with van der Waals surface area (Å²) in [4.78, 5) is 6.66. The zero-order chi connectivity index (χ0) is 11.7. The molecule has 3 heterocycles. The normalized spacial score (nSPS) is 16.4. The molecule has 0 bridgehead atoms. The molecule has 0 saturated carbocycles. The summed E-state index contributed by atoms with van der Waals surface area (Å²) in [5, 5.41) is 13.0. The van der Waals surface area contributed by atoms with E-state index in [0.717, 1.165) is 48.6 Å². The Balaban J connectivity index is 2.12. The van der Waals surface area contributed by atoms with E-state index in [0.29, 0.717) is 0 Å². The molecule has 3 rings (SSSR count). The number of rotatable bonds is 1. The van der Waals surface area contributed by atoms with Crippen molar-refractivity contribution in [2.45, 2.75) is 6.92 Å². The number of pyridine rings is 1. The first-order chi connectivity index (χ1) is 8.36. The smallest absolute Gasteiger partial charge is 0.160 e. The van der Waals surface area contributed by atoms with Gasteiger partial charge >= 0.3 is 0 Å². The average Bonchev–Trinajstić information content (AvgIpc) is 2.41. The van der Waals surface area contributed by atoms with Crippen LogP contribution in [0.1, 0.15) is 5.69 Å². The van der Waals surface area contributed by atoms with E-state index in [-0.39, 0.29) is 0 Å². The molecule has 1 fully saturated rings. The monoisotopic (exact) mass is 229 g/mol. The Morgan fingerprint density at radius 2 is 2.06 bits per heavy atom. The van der Waals surface area contributed by atoms with Gasteiger partial charge in [0.1, 0.15) is 0 Å². The maximum Gasteiger partial charge on any atom is 0.160 e. The van der Waals surface area contributed by atoms with Gasteiger partial charge in [-0.15, -0.1) is 5.10 Å². The molecule has 0 radical (unpaired) electrons. The number of aryl methyl sites for hydroxylation is 1. The quantitative estimate of drug-likeness (QED) is 0.781. The fourth-order valence-corrected chi connectivity index (χ4v) is 2.21. The van der Waals surface area contributed by atoms with Gasteiger partial charge in [0.15, 0.2) is 5.82 Å². The Kier molecular flexibility index (Phi) is 2.60. The van der Waals surface area contributed by atoms with E-state index in [9.17, 15) is 0 Å². The number of fused-ring (bicyclic) bond motifs is 1. The second-order valence-electron chi connectivity index (χ2n) is 4.25. The number of anilines is 1. The lowest BCUT2D eigenvalue weighted by atomic mass is 10.2. The maximum atomic E-state index is 4.39. The highest BCUT2D eigenvalue weighted by Crippen LogP contribution is 2.23. The molecular formula is C12H15N5. The number of hydrogen-bond donors (Lipinski definition) is 1. The van der Waals surface area contributed by atoms with Crippen molar-refractivity contribution in [3.63, 3.8) is 0 Å². The van der Waals surface area contributed by atoms with Gasteiger partial charge in [0.05, 0.1) is 11.2 Å². The van der Waals surface area contributed by atoms with Gasteiger partial charge in [0, 0.05) is 37.8 Å². The van der Waals surface area contributed by atoms with Crippen molar-refractivity contribution < 1.29 is 0 Å². The van der Waals surface area contributed by atoms with E-state index in [1.165, 1.54) is 0 Å². The lowest BCUT2D eigenvalue weighted by Crippen LogP contribution is -2.44. The molecule has 88 valence electrons. The van der Waals surface area contributed by atoms with Crippen LogP contribution in [0.25, 0.3) is 10.9 Å². The largest absolute Gasteiger partial charge is 0.352 e. The lowest BCUT2D eigenvalue weighted by Gasteiger charge is -2.28. The minimum Gasteiger partial charge on any atom is -0.352 e. The third kappa shape index (κ3) is 1.82. The van der Waals surface area contributed by atoms with Gasteiger partial charge in [-0.25, -0.2) is 0 Å². The van der Waals surface area contributed by atoms with Crippen LogP contribution in [0.2, 0.25) is 0 Å². The Morgan fingerprint density at radius 3 is 2.88 bits per heavy atom. The lowest BCUT2D eigenvalue weighted by molar-refractivity contribution is 0.584. The molecule has 2 aromatic heterocycles. The van der Waals surface area contributed by atoms with Gasteiger partial charge in [-0.3, -0.25) is 4.98 Å². The maximum absolute atomic E-state index is 4.39. The van der Waals surface area contributed by atoms with Gasteiger partial charge in [-0.05, 0) is 19.1 Å². The molecule has 0 spiro atoms. The van der Waals surface area contributed by atoms with Gasteiger partial charge in [-0.2, -0.15) is 5.10 Å². The molecule has 2 aromatic rings. The molecule has 17 heavy (non-hydrogen) atoms. The third-order valence-electron chi connectivity index (χ3n) is 3.10. The topological polar surface area (TPSA) is 53.9 Å². The molecule has 0 aromatic carbocycles. The van der Waals surface area contributed by atoms with Crippen molar-refractivity contribution in [2.24, 2.45) is 0 Å². The molecule has 0 amide bonds. The third-order valence-corrected chi connectivity index (χ3v) is 3.10. The Bertz CT molecular complexity index is 533. The SMILES string of the molecule is Cc1nnc(N2CCNCC2)c2cccnc12. The highest BCUT2D eigenvalue weighted by molar-refractivity contribution is 5.90. The van der Waals surface area contributed by atoms with E-state index >= 15 is 0 Å². The van der Waals surface area contributed by atoms with Crippen LogP contribution < -0.4 is 10.2 Å². The second kappa shape index (κ2) is 4.25. The molecular weight excluding hydrogens is 214 g/mol. The van der Waals surface area contributed by atoms with Crippen LogP contribution in [-0.4, -0.2) is 41.4 Å². The standard InChI is InChI=1S/C12H15N5/c1-9-11-10(3-2-4-14-11)12(16-15-9)17-7-5-13-6-8-17/h2-4,13H,5-8H2,1H3. The number of nitrogens with one attached hydrogen (secondary N) is 1. The molecule has 5 heteroatoms. The van der Waals surface area contributed by atoms with E-state index in [2.05, 4.69) is 31.5 Å². The minimum absolute atomic E-state index is 0.888. The fourth-order valence-electron chi connectivity index (χ4n) is 2.21. The fraction of sp³-hybridized carbons (Fsp3) is 0.417. The van der Waals surface area contributed by atoms with E-state index in [4.69, 9.17) is 0 Å². The summed E-state index contributed by atoms with van der Waals surface area (Å²) in [6.07, 6.45) is 1.80. The van der Waals surface area contributed by atoms with Crippen LogP contribution in [0.15, 0.2) is 18.3 Å². The first kappa shape index (κ1) is 10.4. The second-order valence-corrected chi connectivity index (χ2v) is 4.25. The number of aromatic nitrogens is 3. The first-order valence-corrected chi connectivity index (χ1v) is 5.90. The highest BCUT2D eigenvalue weighted by Gasteiger charge is 2.16. The predicted molar refractivity (Wildman–Crippen MR) is 67.2 cm³/mol. The van der Waals surface area contributed by atoms with Crippen molar-refractivity contribution in [1.82, 2.24) is 20.5 Å². The Morgan fingerprint density at radius 1 is 1.24 bits per heavy atom. The van der Waals surface area contributed by atoms with Crippen LogP contribution >= 0.6 is 0 Å². The van der Waals surface area contributed by atoms with E-state index < -0.39 is 0 Å². The Labute approximate surface area is 99.9 Å². The number of nitrogens with zero attached hydrogens (tertiary/aromatic N) is 4. The Hall–Kier alpha value is -1.75. The molecule has 1 N–H and O–H groups in total. The van der Waals surface area contributed by atoms with Crippen LogP contribution in [0.3, 0.4) is 0 Å². The van der Waals surface area contributed by atoms with Crippen molar-refractivity contribution in [1.29, 1.82) is 0 Å². The van der Waals surface area contributed by atoms with Crippen LogP contribution in [-0.2, 0) is 0 Å². The van der Waals surface area contributed by atoms with Gasteiger partial charge in [0.25, 0.3) is 0 Å². The summed E-state index contributed by atoms with van der Waals surface area (Å²) < 4.78 is 0.